The zero-order valence-electron chi connectivity index (χ0n) is 35.8. The van der Waals surface area contributed by atoms with Crippen molar-refractivity contribution in [3.8, 4) is 0 Å². The average molecular weight is 857 g/mol. The fraction of sp³-hybridized carbons (Fsp3) is 0.792. The molecule has 2 heterocycles. The molecule has 10 fully saturated rings. The first kappa shape index (κ1) is 42.1. The molecule has 0 aromatic heterocycles. The van der Waals surface area contributed by atoms with Crippen molar-refractivity contribution in [2.24, 2.45) is 47.3 Å². The van der Waals surface area contributed by atoms with Crippen LogP contribution < -0.4 is 21.0 Å². The van der Waals surface area contributed by atoms with Crippen LogP contribution in [0.5, 0.6) is 0 Å². The van der Waals surface area contributed by atoms with E-state index in [9.17, 15) is 0 Å². The Morgan fingerprint density at radius 1 is 0.727 bits per heavy atom. The summed E-state index contributed by atoms with van der Waals surface area (Å²) < 4.78 is 0. The van der Waals surface area contributed by atoms with Gasteiger partial charge in [-0.15, -0.1) is 9.24 Å². The summed E-state index contributed by atoms with van der Waals surface area (Å²) in [5.74, 6) is 7.88. The van der Waals surface area contributed by atoms with Gasteiger partial charge in [0.25, 0.3) is 0 Å². The van der Waals surface area contributed by atoms with Gasteiger partial charge in [0.1, 0.15) is 0 Å². The Labute approximate surface area is 354 Å². The minimum atomic E-state index is -1.63. The molecule has 12 rings (SSSR count). The van der Waals surface area contributed by atoms with Gasteiger partial charge in [0.05, 0.1) is 8.07 Å². The maximum Gasteiger partial charge on any atom is 2.00 e. The molecule has 8 aliphatic carbocycles. The largest absolute Gasteiger partial charge is 2.00 e. The number of hydrogen-bond acceptors (Lipinski definition) is 2. The molecule has 2 saturated heterocycles. The predicted molar refractivity (Wildman–Crippen MR) is 245 cm³/mol. The Hall–Kier alpha value is 0.433. The summed E-state index contributed by atoms with van der Waals surface area (Å²) in [6.45, 7) is 21.3. The number of rotatable bonds is 9. The number of nitrogens with one attached hydrogen (secondary N) is 2. The third-order valence-corrected chi connectivity index (χ3v) is 26.8. The van der Waals surface area contributed by atoms with Gasteiger partial charge in [0.2, 0.25) is 0 Å². The van der Waals surface area contributed by atoms with Crippen molar-refractivity contribution in [1.82, 2.24) is 10.6 Å². The summed E-state index contributed by atoms with van der Waals surface area (Å²) >= 11 is 0. The molecule has 55 heavy (non-hydrogen) atoms. The minimum Gasteiger partial charge on any atom is -0.316 e. The van der Waals surface area contributed by atoms with Gasteiger partial charge in [-0.25, -0.2) is 18.2 Å². The second-order valence-corrected chi connectivity index (χ2v) is 37.2. The van der Waals surface area contributed by atoms with E-state index < -0.39 is 16.1 Å². The Balaban J connectivity index is 0.000000661. The normalized spacial score (nSPS) is 39.5. The molecule has 10 aliphatic rings. The van der Waals surface area contributed by atoms with Crippen molar-refractivity contribution in [2.75, 3.05) is 26.2 Å². The van der Waals surface area contributed by atoms with Gasteiger partial charge in [-0.2, -0.15) is 39.7 Å². The van der Waals surface area contributed by atoms with Crippen LogP contribution in [0.15, 0.2) is 36.4 Å². The zero-order valence-corrected chi connectivity index (χ0v) is 41.0. The van der Waals surface area contributed by atoms with Crippen LogP contribution in [0, 0.1) is 47.3 Å². The van der Waals surface area contributed by atoms with Gasteiger partial charge in [-0.1, -0.05) is 47.2 Å². The van der Waals surface area contributed by atoms with E-state index >= 15 is 0 Å². The topological polar surface area (TPSA) is 24.1 Å². The van der Waals surface area contributed by atoms with Crippen LogP contribution in [-0.4, -0.2) is 52.6 Å². The van der Waals surface area contributed by atoms with Crippen LogP contribution in [-0.2, 0) is 28.4 Å². The molecule has 7 heteroatoms. The van der Waals surface area contributed by atoms with E-state index in [4.69, 9.17) is 0 Å². The van der Waals surface area contributed by atoms with Gasteiger partial charge in [0.15, 0.2) is 0 Å². The Bertz CT molecular complexity index is 1440. The molecule has 8 saturated carbocycles. The third-order valence-electron chi connectivity index (χ3n) is 17.2. The van der Waals surface area contributed by atoms with Crippen molar-refractivity contribution in [3.05, 3.63) is 47.5 Å². The molecule has 0 amide bonds. The summed E-state index contributed by atoms with van der Waals surface area (Å²) in [5, 5.41) is 13.4. The molecule has 8 bridgehead atoms. The average Bonchev–Trinajstić information content (AvgIpc) is 3.83. The SMILES string of the molecule is C[Si](C)(C)c1cc(C(P)(C2CCCNC2)C2CCCNC2)c(CP(C23CC4CC(CC(C4)C2)C3)C23CC4CC(CC(C4)C2)C3)[c-]1[Si](C)(C)C.[Fe+2].c1cc[cH-]c1. The summed E-state index contributed by atoms with van der Waals surface area (Å²) in [7, 11) is 0.505. The van der Waals surface area contributed by atoms with Crippen LogP contribution in [0.4, 0.5) is 0 Å². The summed E-state index contributed by atoms with van der Waals surface area (Å²) in [5.41, 5.74) is 3.91. The van der Waals surface area contributed by atoms with Crippen molar-refractivity contribution >= 4 is 43.7 Å². The predicted octanol–water partition coefficient (Wildman–Crippen LogP) is 10.9. The maximum absolute atomic E-state index is 3.96. The van der Waals surface area contributed by atoms with E-state index in [1.165, 1.54) is 58.0 Å². The van der Waals surface area contributed by atoms with Crippen LogP contribution in [0.3, 0.4) is 0 Å². The van der Waals surface area contributed by atoms with E-state index in [-0.39, 0.29) is 30.1 Å². The Kier molecular flexibility index (Phi) is 12.3. The summed E-state index contributed by atoms with van der Waals surface area (Å²) in [6, 6.07) is 13.0. The van der Waals surface area contributed by atoms with Crippen LogP contribution in [0.25, 0.3) is 0 Å². The standard InChI is InChI=1S/C43H73N2P2Si2.C5H5.Fe/c1-48(2,3)39-19-38(43(46,35-9-7-11-44-26-35)36-10-8-12-45-27-36)37(40(39)49(4,5)6)28-47(41-20-29-13-30(21-41)15-31(14-29)22-41)42-23-32-16-33(24-42)18-34(17-32)25-42;1-2-4-5-3-1;/h19,29-36,44-45H,7-18,20-28,46H2,1-6H3;1-5H;/q2*-1;+2. The molecule has 3 unspecified atom stereocenters. The molecule has 0 spiro atoms. The molecule has 2 nitrogen and oxygen atoms in total. The molecule has 2 aliphatic heterocycles. The van der Waals surface area contributed by atoms with Crippen molar-refractivity contribution in [1.29, 1.82) is 0 Å². The fourth-order valence-electron chi connectivity index (χ4n) is 16.0. The monoisotopic (exact) mass is 856 g/mol. The first-order chi connectivity index (χ1) is 25.8. The van der Waals surface area contributed by atoms with E-state index in [2.05, 4.69) is 65.2 Å². The summed E-state index contributed by atoms with van der Waals surface area (Å²) in [6.07, 6.45) is 26.4. The smallest absolute Gasteiger partial charge is 0.316 e. The Morgan fingerprint density at radius 3 is 1.45 bits per heavy atom. The molecule has 3 atom stereocenters. The van der Waals surface area contributed by atoms with E-state index in [0.717, 1.165) is 47.3 Å². The van der Waals surface area contributed by atoms with Gasteiger partial charge in [-0.3, -0.25) is 0 Å². The van der Waals surface area contributed by atoms with E-state index in [0.29, 0.717) is 10.3 Å². The molecular weight excluding hydrogens is 779 g/mol. The van der Waals surface area contributed by atoms with Gasteiger partial charge in [0, 0.05) is 8.07 Å². The molecule has 306 valence electrons. The molecule has 0 radical (unpaired) electrons. The number of piperidine rings is 2. The van der Waals surface area contributed by atoms with E-state index in [1.807, 2.05) is 51.8 Å². The second-order valence-electron chi connectivity index (χ2n) is 23.2. The third kappa shape index (κ3) is 7.92. The van der Waals surface area contributed by atoms with Crippen molar-refractivity contribution in [2.45, 2.75) is 164 Å². The van der Waals surface area contributed by atoms with Gasteiger partial charge < -0.3 is 10.6 Å². The fourth-order valence-corrected chi connectivity index (χ4v) is 27.9. The van der Waals surface area contributed by atoms with E-state index in [1.54, 1.807) is 77.0 Å². The van der Waals surface area contributed by atoms with Crippen LogP contribution >= 0.6 is 17.2 Å². The molecular formula is C48H78FeN2P2Si2. The zero-order chi connectivity index (χ0) is 37.5. The quantitative estimate of drug-likeness (QED) is 0.149. The second kappa shape index (κ2) is 16.0. The Morgan fingerprint density at radius 2 is 1.15 bits per heavy atom. The van der Waals surface area contributed by atoms with Crippen LogP contribution in [0.2, 0.25) is 39.3 Å². The summed E-state index contributed by atoms with van der Waals surface area (Å²) in [4.78, 5) is 0. The molecule has 2 aromatic rings. The first-order valence-corrected chi connectivity index (χ1v) is 32.3. The molecule has 2 N–H and O–H groups in total. The van der Waals surface area contributed by atoms with Gasteiger partial charge in [-0.05, 0) is 198 Å². The van der Waals surface area contributed by atoms with Gasteiger partial charge >= 0.3 is 17.1 Å². The first-order valence-electron chi connectivity index (χ1n) is 23.2. The molecule has 2 aromatic carbocycles. The van der Waals surface area contributed by atoms with Crippen LogP contribution in [0.1, 0.15) is 114 Å². The minimum absolute atomic E-state index is 0. The van der Waals surface area contributed by atoms with Crippen molar-refractivity contribution in [3.63, 3.8) is 0 Å². The number of hydrogen-bond donors (Lipinski definition) is 2. The van der Waals surface area contributed by atoms with Crippen molar-refractivity contribution < 1.29 is 17.1 Å². The maximum atomic E-state index is 3.96.